The van der Waals surface area contributed by atoms with Gasteiger partial charge < -0.3 is 16.0 Å². The van der Waals surface area contributed by atoms with Gasteiger partial charge in [-0.1, -0.05) is 0 Å². The number of carbonyl (C=O) groups excluding carboxylic acids is 1. The molecule has 2 heterocycles. The topological polar surface area (TPSA) is 71.2 Å². The summed E-state index contributed by atoms with van der Waals surface area (Å²) in [5, 5.41) is 3.25. The summed E-state index contributed by atoms with van der Waals surface area (Å²) in [5.41, 5.74) is 7.48. The molecule has 0 bridgehead atoms. The molecular weight excluding hydrogens is 228 g/mol. The summed E-state index contributed by atoms with van der Waals surface area (Å²) < 4.78 is 0. The van der Waals surface area contributed by atoms with Crippen LogP contribution in [0.15, 0.2) is 18.5 Å². The fourth-order valence-corrected chi connectivity index (χ4v) is 2.32. The van der Waals surface area contributed by atoms with Crippen molar-refractivity contribution in [1.29, 1.82) is 0 Å². The SMILES string of the molecule is CCNc1cncc(N2CCC(C(N)=O)CC2)c1. The Labute approximate surface area is 107 Å². The van der Waals surface area contributed by atoms with Crippen LogP contribution in [0.4, 0.5) is 11.4 Å². The van der Waals surface area contributed by atoms with E-state index >= 15 is 0 Å². The lowest BCUT2D eigenvalue weighted by molar-refractivity contribution is -0.122. The molecule has 1 amide bonds. The van der Waals surface area contributed by atoms with Crippen molar-refractivity contribution in [1.82, 2.24) is 4.98 Å². The van der Waals surface area contributed by atoms with Crippen molar-refractivity contribution in [2.45, 2.75) is 19.8 Å². The fourth-order valence-electron chi connectivity index (χ4n) is 2.32. The lowest BCUT2D eigenvalue weighted by atomic mass is 9.96. The summed E-state index contributed by atoms with van der Waals surface area (Å²) in [6.45, 7) is 4.68. The largest absolute Gasteiger partial charge is 0.384 e. The number of primary amides is 1. The Morgan fingerprint density at radius 3 is 2.83 bits per heavy atom. The van der Waals surface area contributed by atoms with E-state index in [1.807, 2.05) is 12.4 Å². The molecule has 1 saturated heterocycles. The average molecular weight is 248 g/mol. The van der Waals surface area contributed by atoms with E-state index in [1.54, 1.807) is 0 Å². The van der Waals surface area contributed by atoms with Gasteiger partial charge in [0.05, 0.1) is 23.8 Å². The van der Waals surface area contributed by atoms with Gasteiger partial charge in [-0.2, -0.15) is 0 Å². The molecule has 0 saturated carbocycles. The Bertz CT molecular complexity index is 413. The highest BCUT2D eigenvalue weighted by Gasteiger charge is 2.23. The molecule has 1 fully saturated rings. The minimum Gasteiger partial charge on any atom is -0.384 e. The van der Waals surface area contributed by atoms with E-state index in [1.165, 1.54) is 0 Å². The Morgan fingerprint density at radius 1 is 1.50 bits per heavy atom. The molecule has 98 valence electrons. The van der Waals surface area contributed by atoms with Crippen molar-refractivity contribution in [3.63, 3.8) is 0 Å². The number of carbonyl (C=O) groups is 1. The first-order valence-electron chi connectivity index (χ1n) is 6.44. The second-order valence-electron chi connectivity index (χ2n) is 4.63. The summed E-state index contributed by atoms with van der Waals surface area (Å²) in [6, 6.07) is 2.10. The summed E-state index contributed by atoms with van der Waals surface area (Å²) in [5.74, 6) is -0.139. The highest BCUT2D eigenvalue weighted by molar-refractivity contribution is 5.77. The quantitative estimate of drug-likeness (QED) is 0.840. The van der Waals surface area contributed by atoms with Crippen molar-refractivity contribution in [2.24, 2.45) is 11.7 Å². The van der Waals surface area contributed by atoms with E-state index in [2.05, 4.69) is 28.2 Å². The van der Waals surface area contributed by atoms with Gasteiger partial charge in [0.1, 0.15) is 0 Å². The van der Waals surface area contributed by atoms with Gasteiger partial charge in [0, 0.05) is 25.6 Å². The first-order chi connectivity index (χ1) is 8.70. The Balaban J connectivity index is 2.00. The van der Waals surface area contributed by atoms with Crippen LogP contribution < -0.4 is 16.0 Å². The molecule has 3 N–H and O–H groups in total. The molecule has 0 spiro atoms. The summed E-state index contributed by atoms with van der Waals surface area (Å²) in [4.78, 5) is 17.6. The summed E-state index contributed by atoms with van der Waals surface area (Å²) in [7, 11) is 0. The molecule has 2 rings (SSSR count). The number of nitrogens with two attached hydrogens (primary N) is 1. The number of aromatic nitrogens is 1. The molecule has 0 aromatic carbocycles. The second-order valence-corrected chi connectivity index (χ2v) is 4.63. The average Bonchev–Trinajstić information content (AvgIpc) is 2.39. The van der Waals surface area contributed by atoms with Gasteiger partial charge in [0.2, 0.25) is 5.91 Å². The molecule has 0 atom stereocenters. The summed E-state index contributed by atoms with van der Waals surface area (Å²) >= 11 is 0. The molecule has 5 heteroatoms. The van der Waals surface area contributed by atoms with Crippen LogP contribution in [0.3, 0.4) is 0 Å². The van der Waals surface area contributed by atoms with Crippen LogP contribution in [0.2, 0.25) is 0 Å². The number of nitrogens with one attached hydrogen (secondary N) is 1. The molecule has 5 nitrogen and oxygen atoms in total. The highest BCUT2D eigenvalue weighted by atomic mass is 16.1. The maximum atomic E-state index is 11.1. The van der Waals surface area contributed by atoms with E-state index < -0.39 is 0 Å². The van der Waals surface area contributed by atoms with E-state index in [0.717, 1.165) is 43.9 Å². The van der Waals surface area contributed by atoms with Crippen LogP contribution in [0, 0.1) is 5.92 Å². The van der Waals surface area contributed by atoms with Crippen LogP contribution in [-0.4, -0.2) is 30.5 Å². The van der Waals surface area contributed by atoms with Crippen LogP contribution >= 0.6 is 0 Å². The number of rotatable bonds is 4. The van der Waals surface area contributed by atoms with Crippen LogP contribution in [0.25, 0.3) is 0 Å². The van der Waals surface area contributed by atoms with Crippen molar-refractivity contribution < 1.29 is 4.79 Å². The monoisotopic (exact) mass is 248 g/mol. The Hall–Kier alpha value is -1.78. The zero-order chi connectivity index (χ0) is 13.0. The van der Waals surface area contributed by atoms with Gasteiger partial charge in [-0.25, -0.2) is 0 Å². The molecule has 1 aromatic rings. The zero-order valence-electron chi connectivity index (χ0n) is 10.7. The third-order valence-electron chi connectivity index (χ3n) is 3.37. The van der Waals surface area contributed by atoms with Crippen LogP contribution in [-0.2, 0) is 4.79 Å². The number of pyridine rings is 1. The first kappa shape index (κ1) is 12.7. The van der Waals surface area contributed by atoms with Gasteiger partial charge >= 0.3 is 0 Å². The minimum atomic E-state index is -0.172. The minimum absolute atomic E-state index is 0.0335. The maximum absolute atomic E-state index is 11.1. The Kier molecular flexibility index (Phi) is 4.02. The molecule has 0 aliphatic carbocycles. The molecule has 18 heavy (non-hydrogen) atoms. The van der Waals surface area contributed by atoms with Crippen molar-refractivity contribution >= 4 is 17.3 Å². The first-order valence-corrected chi connectivity index (χ1v) is 6.44. The van der Waals surface area contributed by atoms with E-state index in [9.17, 15) is 4.79 Å². The maximum Gasteiger partial charge on any atom is 0.220 e. The number of piperidine rings is 1. The highest BCUT2D eigenvalue weighted by Crippen LogP contribution is 2.24. The molecule has 0 radical (unpaired) electrons. The van der Waals surface area contributed by atoms with Gasteiger partial charge in [0.25, 0.3) is 0 Å². The van der Waals surface area contributed by atoms with Gasteiger partial charge in [-0.05, 0) is 25.8 Å². The van der Waals surface area contributed by atoms with E-state index in [4.69, 9.17) is 5.73 Å². The fraction of sp³-hybridized carbons (Fsp3) is 0.538. The van der Waals surface area contributed by atoms with Gasteiger partial charge in [-0.3, -0.25) is 9.78 Å². The lowest BCUT2D eigenvalue weighted by Crippen LogP contribution is -2.38. The molecule has 1 aliphatic rings. The predicted molar refractivity (Wildman–Crippen MR) is 72.5 cm³/mol. The molecule has 1 aliphatic heterocycles. The van der Waals surface area contributed by atoms with Crippen LogP contribution in [0.5, 0.6) is 0 Å². The van der Waals surface area contributed by atoms with Crippen molar-refractivity contribution in [3.8, 4) is 0 Å². The molecular formula is C13H20N4O. The standard InChI is InChI=1S/C13H20N4O/c1-2-16-11-7-12(9-15-8-11)17-5-3-10(4-6-17)13(14)18/h7-10,16H,2-6H2,1H3,(H2,14,18). The number of anilines is 2. The molecule has 1 aromatic heterocycles. The lowest BCUT2D eigenvalue weighted by Gasteiger charge is -2.32. The van der Waals surface area contributed by atoms with Crippen molar-refractivity contribution in [3.05, 3.63) is 18.5 Å². The van der Waals surface area contributed by atoms with Crippen LogP contribution in [0.1, 0.15) is 19.8 Å². The normalized spacial score (nSPS) is 16.6. The zero-order valence-corrected chi connectivity index (χ0v) is 10.7. The third kappa shape index (κ3) is 2.91. The summed E-state index contributed by atoms with van der Waals surface area (Å²) in [6.07, 6.45) is 5.36. The second kappa shape index (κ2) is 5.71. The number of amides is 1. The Morgan fingerprint density at radius 2 is 2.22 bits per heavy atom. The predicted octanol–water partition coefficient (Wildman–Crippen LogP) is 1.22. The van der Waals surface area contributed by atoms with E-state index in [0.29, 0.717) is 0 Å². The number of hydrogen-bond acceptors (Lipinski definition) is 4. The number of hydrogen-bond donors (Lipinski definition) is 2. The molecule has 0 unspecified atom stereocenters. The van der Waals surface area contributed by atoms with Crippen molar-refractivity contribution in [2.75, 3.05) is 29.9 Å². The van der Waals surface area contributed by atoms with Gasteiger partial charge in [-0.15, -0.1) is 0 Å². The third-order valence-corrected chi connectivity index (χ3v) is 3.37. The van der Waals surface area contributed by atoms with E-state index in [-0.39, 0.29) is 11.8 Å². The number of nitrogens with zero attached hydrogens (tertiary/aromatic N) is 2. The smallest absolute Gasteiger partial charge is 0.220 e. The van der Waals surface area contributed by atoms with Gasteiger partial charge in [0.15, 0.2) is 0 Å².